The third-order valence-corrected chi connectivity index (χ3v) is 7.40. The van der Waals surface area contributed by atoms with Crippen molar-refractivity contribution in [3.05, 3.63) is 102 Å². The molecule has 2 fully saturated rings. The van der Waals surface area contributed by atoms with Crippen LogP contribution in [0.5, 0.6) is 5.75 Å². The molecule has 2 bridgehead atoms. The van der Waals surface area contributed by atoms with E-state index >= 15 is 0 Å². The molecule has 2 aliphatic rings. The second-order valence-electron chi connectivity index (χ2n) is 9.67. The van der Waals surface area contributed by atoms with Crippen molar-refractivity contribution in [2.45, 2.75) is 63.6 Å². The molecule has 2 heteroatoms. The molecule has 2 nitrogen and oxygen atoms in total. The number of ether oxygens (including phenoxy) is 1. The van der Waals surface area contributed by atoms with Crippen molar-refractivity contribution in [1.82, 2.24) is 4.90 Å². The van der Waals surface area contributed by atoms with Gasteiger partial charge >= 0.3 is 0 Å². The molecule has 5 rings (SSSR count). The van der Waals surface area contributed by atoms with Crippen molar-refractivity contribution in [3.63, 3.8) is 0 Å². The molecule has 2 aliphatic heterocycles. The van der Waals surface area contributed by atoms with Gasteiger partial charge in [-0.1, -0.05) is 72.8 Å². The molecular weight excluding hydrogens is 390 g/mol. The van der Waals surface area contributed by atoms with Crippen LogP contribution in [0.25, 0.3) is 0 Å². The number of fused-ring (bicyclic) bond motifs is 2. The molecule has 0 spiro atoms. The standard InChI is InChI=1S/C30H35NO/c1-3-8-25(9-4-1)20-27-21-28-15-16-29(22-27)31(28)19-7-12-24-13-17-30(18-14-24)32-23-26-10-5-2-6-11-26/h1-6,8-11,13-14,17-18,27-29H,7,12,15-16,19-23H2. The highest BCUT2D eigenvalue weighted by Gasteiger charge is 2.39. The van der Waals surface area contributed by atoms with E-state index in [2.05, 4.69) is 83.8 Å². The van der Waals surface area contributed by atoms with Gasteiger partial charge in [0.25, 0.3) is 0 Å². The molecule has 0 saturated carbocycles. The Morgan fingerprint density at radius 2 is 1.31 bits per heavy atom. The molecule has 0 aromatic heterocycles. The van der Waals surface area contributed by atoms with E-state index in [1.54, 1.807) is 0 Å². The van der Waals surface area contributed by atoms with Crippen LogP contribution in [-0.4, -0.2) is 23.5 Å². The van der Waals surface area contributed by atoms with Gasteiger partial charge in [-0.25, -0.2) is 0 Å². The highest BCUT2D eigenvalue weighted by atomic mass is 16.5. The Balaban J connectivity index is 1.06. The summed E-state index contributed by atoms with van der Waals surface area (Å²) >= 11 is 0. The van der Waals surface area contributed by atoms with E-state index < -0.39 is 0 Å². The summed E-state index contributed by atoms with van der Waals surface area (Å²) in [6, 6.07) is 31.8. The van der Waals surface area contributed by atoms with Gasteiger partial charge in [0.1, 0.15) is 12.4 Å². The fourth-order valence-electron chi connectivity index (χ4n) is 5.83. The van der Waals surface area contributed by atoms with Crippen LogP contribution in [0.2, 0.25) is 0 Å². The van der Waals surface area contributed by atoms with Crippen LogP contribution in [-0.2, 0) is 19.4 Å². The second-order valence-corrected chi connectivity index (χ2v) is 9.67. The predicted molar refractivity (Wildman–Crippen MR) is 132 cm³/mol. The third-order valence-electron chi connectivity index (χ3n) is 7.40. The van der Waals surface area contributed by atoms with E-state index in [1.165, 1.54) is 61.8 Å². The zero-order valence-corrected chi connectivity index (χ0v) is 19.0. The minimum Gasteiger partial charge on any atom is -0.489 e. The summed E-state index contributed by atoms with van der Waals surface area (Å²) in [5.41, 5.74) is 4.14. The fourth-order valence-corrected chi connectivity index (χ4v) is 5.83. The zero-order valence-electron chi connectivity index (χ0n) is 19.0. The lowest BCUT2D eigenvalue weighted by Crippen LogP contribution is -2.43. The van der Waals surface area contributed by atoms with E-state index in [9.17, 15) is 0 Å². The average molecular weight is 426 g/mol. The number of hydrogen-bond acceptors (Lipinski definition) is 2. The largest absolute Gasteiger partial charge is 0.489 e. The lowest BCUT2D eigenvalue weighted by atomic mass is 9.85. The van der Waals surface area contributed by atoms with Gasteiger partial charge < -0.3 is 4.74 Å². The van der Waals surface area contributed by atoms with Crippen molar-refractivity contribution in [1.29, 1.82) is 0 Å². The maximum absolute atomic E-state index is 5.93. The molecule has 0 aliphatic carbocycles. The summed E-state index contributed by atoms with van der Waals surface area (Å²) in [6.45, 7) is 1.88. The van der Waals surface area contributed by atoms with Gasteiger partial charge in [-0.05, 0) is 86.2 Å². The minimum atomic E-state index is 0.628. The number of piperidine rings is 1. The van der Waals surface area contributed by atoms with E-state index in [1.807, 2.05) is 6.07 Å². The summed E-state index contributed by atoms with van der Waals surface area (Å²) in [5, 5.41) is 0. The Hall–Kier alpha value is -2.58. The molecular formula is C30H35NO. The number of nitrogens with zero attached hydrogens (tertiary/aromatic N) is 1. The maximum Gasteiger partial charge on any atom is 0.119 e. The third kappa shape index (κ3) is 5.42. The van der Waals surface area contributed by atoms with Gasteiger partial charge in [0, 0.05) is 12.1 Å². The van der Waals surface area contributed by atoms with Crippen LogP contribution in [0.1, 0.15) is 48.8 Å². The van der Waals surface area contributed by atoms with Gasteiger partial charge in [-0.15, -0.1) is 0 Å². The summed E-state index contributed by atoms with van der Waals surface area (Å²) in [6.07, 6.45) is 9.26. The molecule has 0 radical (unpaired) electrons. The Labute approximate surface area is 193 Å². The highest BCUT2D eigenvalue weighted by Crippen LogP contribution is 2.40. The van der Waals surface area contributed by atoms with Crippen molar-refractivity contribution >= 4 is 0 Å². The monoisotopic (exact) mass is 425 g/mol. The normalized spacial score (nSPS) is 22.7. The Kier molecular flexibility index (Phi) is 6.89. The number of benzene rings is 3. The van der Waals surface area contributed by atoms with Gasteiger partial charge in [0.2, 0.25) is 0 Å². The van der Waals surface area contributed by atoms with Crippen LogP contribution >= 0.6 is 0 Å². The molecule has 2 heterocycles. The lowest BCUT2D eigenvalue weighted by molar-refractivity contribution is 0.102. The summed E-state index contributed by atoms with van der Waals surface area (Å²) in [7, 11) is 0. The van der Waals surface area contributed by atoms with E-state index in [-0.39, 0.29) is 0 Å². The van der Waals surface area contributed by atoms with Crippen LogP contribution in [0.3, 0.4) is 0 Å². The first-order valence-electron chi connectivity index (χ1n) is 12.4. The highest BCUT2D eigenvalue weighted by molar-refractivity contribution is 5.28. The minimum absolute atomic E-state index is 0.628. The maximum atomic E-state index is 5.93. The first-order chi connectivity index (χ1) is 15.8. The number of rotatable bonds is 9. The summed E-state index contributed by atoms with van der Waals surface area (Å²) in [4.78, 5) is 2.85. The molecule has 0 N–H and O–H groups in total. The van der Waals surface area contributed by atoms with Gasteiger partial charge in [-0.3, -0.25) is 4.90 Å². The fraction of sp³-hybridized carbons (Fsp3) is 0.400. The Morgan fingerprint density at radius 1 is 0.688 bits per heavy atom. The Bertz CT molecular complexity index is 939. The lowest BCUT2D eigenvalue weighted by Gasteiger charge is -2.39. The molecule has 166 valence electrons. The van der Waals surface area contributed by atoms with Crippen LogP contribution < -0.4 is 4.74 Å². The smallest absolute Gasteiger partial charge is 0.119 e. The van der Waals surface area contributed by atoms with Crippen LogP contribution in [0, 0.1) is 5.92 Å². The van der Waals surface area contributed by atoms with Crippen molar-refractivity contribution in [2.24, 2.45) is 5.92 Å². The zero-order chi connectivity index (χ0) is 21.6. The molecule has 2 saturated heterocycles. The van der Waals surface area contributed by atoms with Gasteiger partial charge in [0.15, 0.2) is 0 Å². The number of aryl methyl sites for hydroxylation is 1. The first kappa shape index (κ1) is 21.3. The SMILES string of the molecule is c1ccc(COc2ccc(CCCN3C4CCC3CC(Cc3ccccc3)C4)cc2)cc1. The molecule has 2 unspecified atom stereocenters. The molecule has 3 aromatic rings. The first-order valence-corrected chi connectivity index (χ1v) is 12.4. The van der Waals surface area contributed by atoms with Crippen molar-refractivity contribution in [3.8, 4) is 5.75 Å². The van der Waals surface area contributed by atoms with E-state index in [4.69, 9.17) is 4.74 Å². The second kappa shape index (κ2) is 10.4. The van der Waals surface area contributed by atoms with E-state index in [0.29, 0.717) is 6.61 Å². The van der Waals surface area contributed by atoms with E-state index in [0.717, 1.165) is 30.2 Å². The molecule has 3 aromatic carbocycles. The molecule has 2 atom stereocenters. The quantitative estimate of drug-likeness (QED) is 0.379. The number of hydrogen-bond donors (Lipinski definition) is 0. The Morgan fingerprint density at radius 3 is 1.97 bits per heavy atom. The summed E-state index contributed by atoms with van der Waals surface area (Å²) in [5.74, 6) is 1.82. The van der Waals surface area contributed by atoms with Crippen molar-refractivity contribution in [2.75, 3.05) is 6.54 Å². The van der Waals surface area contributed by atoms with Gasteiger partial charge in [-0.2, -0.15) is 0 Å². The topological polar surface area (TPSA) is 12.5 Å². The average Bonchev–Trinajstić information content (AvgIpc) is 3.07. The predicted octanol–water partition coefficient (Wildman–Crippen LogP) is 6.68. The van der Waals surface area contributed by atoms with Crippen LogP contribution in [0.4, 0.5) is 0 Å². The molecule has 32 heavy (non-hydrogen) atoms. The van der Waals surface area contributed by atoms with Crippen LogP contribution in [0.15, 0.2) is 84.9 Å². The molecule has 0 amide bonds. The van der Waals surface area contributed by atoms with Crippen molar-refractivity contribution < 1.29 is 4.74 Å². The summed E-state index contributed by atoms with van der Waals surface area (Å²) < 4.78 is 5.93. The van der Waals surface area contributed by atoms with Gasteiger partial charge in [0.05, 0.1) is 0 Å².